The summed E-state index contributed by atoms with van der Waals surface area (Å²) in [4.78, 5) is 12.1. The zero-order valence-corrected chi connectivity index (χ0v) is 14.5. The number of aliphatic hydroxyl groups is 1. The first-order valence-electron chi connectivity index (χ1n) is 8.17. The van der Waals surface area contributed by atoms with Gasteiger partial charge in [0.25, 0.3) is 0 Å². The average molecular weight is 346 g/mol. The number of hydrogen-bond donors (Lipinski definition) is 3. The summed E-state index contributed by atoms with van der Waals surface area (Å²) in [7, 11) is 0. The second kappa shape index (κ2) is 7.27. The van der Waals surface area contributed by atoms with Crippen LogP contribution in [-0.2, 0) is 0 Å². The Morgan fingerprint density at radius 3 is 2.83 bits per heavy atom. The molecule has 0 unspecified atom stereocenters. The van der Waals surface area contributed by atoms with E-state index in [1.54, 1.807) is 0 Å². The highest BCUT2D eigenvalue weighted by Crippen LogP contribution is 2.35. The van der Waals surface area contributed by atoms with E-state index in [0.717, 1.165) is 36.9 Å². The Bertz CT molecular complexity index is 674. The maximum absolute atomic E-state index is 12.1. The fraction of sp³-hybridized carbons (Fsp3) is 0.471. The van der Waals surface area contributed by atoms with Crippen LogP contribution in [0.3, 0.4) is 0 Å². The van der Waals surface area contributed by atoms with Crippen LogP contribution in [0.4, 0.5) is 10.5 Å². The third-order valence-corrected chi connectivity index (χ3v) is 5.24. The van der Waals surface area contributed by atoms with Crippen LogP contribution in [0.25, 0.3) is 11.3 Å². The molecule has 2 aromatic rings. The predicted molar refractivity (Wildman–Crippen MR) is 94.9 cm³/mol. The molecule has 128 valence electrons. The average Bonchev–Trinajstić information content (AvgIpc) is 3.11. The van der Waals surface area contributed by atoms with Crippen LogP contribution in [0.5, 0.6) is 0 Å². The van der Waals surface area contributed by atoms with Crippen molar-refractivity contribution in [3.05, 3.63) is 29.6 Å². The molecule has 2 amide bonds. The molecular formula is C17H22N4O2S. The summed E-state index contributed by atoms with van der Waals surface area (Å²) in [6.07, 6.45) is 3.56. The number of urea groups is 1. The van der Waals surface area contributed by atoms with Gasteiger partial charge in [0, 0.05) is 28.6 Å². The summed E-state index contributed by atoms with van der Waals surface area (Å²) >= 11 is 1.31. The third-order valence-electron chi connectivity index (χ3n) is 4.73. The fourth-order valence-corrected chi connectivity index (χ4v) is 3.53. The van der Waals surface area contributed by atoms with E-state index in [2.05, 4.69) is 20.2 Å². The van der Waals surface area contributed by atoms with Crippen molar-refractivity contribution >= 4 is 23.3 Å². The summed E-state index contributed by atoms with van der Waals surface area (Å²) in [6, 6.07) is 7.23. The van der Waals surface area contributed by atoms with Gasteiger partial charge in [-0.05, 0) is 36.5 Å². The molecule has 1 aromatic carbocycles. The number of amides is 2. The monoisotopic (exact) mass is 346 g/mol. The molecule has 0 radical (unpaired) electrons. The first-order valence-corrected chi connectivity index (χ1v) is 9.01. The summed E-state index contributed by atoms with van der Waals surface area (Å²) in [5, 5.41) is 21.8. The number of aromatic nitrogens is 2. The first kappa shape index (κ1) is 16.9. The number of carbonyl (C=O) groups is 1. The van der Waals surface area contributed by atoms with Crippen molar-refractivity contribution in [1.82, 2.24) is 14.9 Å². The topological polar surface area (TPSA) is 87.1 Å². The lowest BCUT2D eigenvalue weighted by Gasteiger charge is -2.38. The van der Waals surface area contributed by atoms with Crippen molar-refractivity contribution in [2.45, 2.75) is 38.7 Å². The summed E-state index contributed by atoms with van der Waals surface area (Å²) < 4.78 is 3.84. The van der Waals surface area contributed by atoms with Gasteiger partial charge in [0.05, 0.1) is 6.10 Å². The van der Waals surface area contributed by atoms with E-state index in [1.165, 1.54) is 11.5 Å². The molecule has 0 aliphatic heterocycles. The molecule has 0 saturated heterocycles. The lowest BCUT2D eigenvalue weighted by molar-refractivity contribution is 0.00333. The Kier molecular flexibility index (Phi) is 5.11. The number of aliphatic hydroxyl groups excluding tert-OH is 1. The number of anilines is 1. The number of nitrogens with zero attached hydrogens (tertiary/aromatic N) is 2. The van der Waals surface area contributed by atoms with Gasteiger partial charge in [-0.15, -0.1) is 5.10 Å². The fourth-order valence-electron chi connectivity index (χ4n) is 3.06. The Labute approximate surface area is 145 Å². The van der Waals surface area contributed by atoms with Gasteiger partial charge in [-0.2, -0.15) is 0 Å². The Morgan fingerprint density at radius 2 is 2.17 bits per heavy atom. The maximum atomic E-state index is 12.1. The minimum Gasteiger partial charge on any atom is -0.392 e. The molecule has 3 rings (SSSR count). The highest BCUT2D eigenvalue weighted by atomic mass is 32.1. The zero-order chi connectivity index (χ0) is 17.0. The number of benzene rings is 1. The normalized spacial score (nSPS) is 23.7. The number of rotatable bonds is 4. The van der Waals surface area contributed by atoms with Crippen LogP contribution in [-0.4, -0.2) is 33.4 Å². The Hall–Kier alpha value is -1.99. The zero-order valence-electron chi connectivity index (χ0n) is 13.7. The van der Waals surface area contributed by atoms with E-state index in [1.807, 2.05) is 36.6 Å². The Morgan fingerprint density at radius 1 is 1.38 bits per heavy atom. The van der Waals surface area contributed by atoms with Gasteiger partial charge in [-0.25, -0.2) is 4.79 Å². The first-order chi connectivity index (χ1) is 11.6. The van der Waals surface area contributed by atoms with Gasteiger partial charge in [0.2, 0.25) is 0 Å². The number of hydrogen-bond acceptors (Lipinski definition) is 5. The summed E-state index contributed by atoms with van der Waals surface area (Å²) in [6.45, 7) is 2.51. The van der Waals surface area contributed by atoms with E-state index >= 15 is 0 Å². The molecule has 3 N–H and O–H groups in total. The molecule has 24 heavy (non-hydrogen) atoms. The molecule has 1 fully saturated rings. The number of nitrogens with one attached hydrogen (secondary N) is 2. The molecule has 1 saturated carbocycles. The molecule has 1 aromatic heterocycles. The minimum atomic E-state index is -0.349. The predicted octanol–water partition coefficient (Wildman–Crippen LogP) is 3.27. The van der Waals surface area contributed by atoms with Crippen LogP contribution in [0.2, 0.25) is 0 Å². The molecule has 2 atom stereocenters. The second-order valence-corrected chi connectivity index (χ2v) is 7.20. The van der Waals surface area contributed by atoms with Gasteiger partial charge in [0.15, 0.2) is 0 Å². The van der Waals surface area contributed by atoms with Gasteiger partial charge in [-0.1, -0.05) is 36.4 Å². The molecule has 0 bridgehead atoms. The van der Waals surface area contributed by atoms with Gasteiger partial charge >= 0.3 is 6.03 Å². The highest BCUT2D eigenvalue weighted by Gasteiger charge is 2.35. The van der Waals surface area contributed by atoms with E-state index < -0.39 is 0 Å². The van der Waals surface area contributed by atoms with E-state index in [9.17, 15) is 9.90 Å². The van der Waals surface area contributed by atoms with Crippen LogP contribution in [0.1, 0.15) is 32.6 Å². The molecule has 1 aliphatic rings. The van der Waals surface area contributed by atoms with E-state index in [4.69, 9.17) is 0 Å². The quantitative estimate of drug-likeness (QED) is 0.793. The van der Waals surface area contributed by atoms with Gasteiger partial charge in [0.1, 0.15) is 5.69 Å². The van der Waals surface area contributed by atoms with Crippen molar-refractivity contribution in [3.8, 4) is 11.3 Å². The van der Waals surface area contributed by atoms with Crippen LogP contribution in [0, 0.1) is 5.41 Å². The largest absolute Gasteiger partial charge is 0.392 e. The van der Waals surface area contributed by atoms with Crippen molar-refractivity contribution in [2.75, 3.05) is 11.9 Å². The molecule has 0 spiro atoms. The van der Waals surface area contributed by atoms with Crippen LogP contribution < -0.4 is 10.6 Å². The second-order valence-electron chi connectivity index (χ2n) is 6.59. The van der Waals surface area contributed by atoms with Gasteiger partial charge < -0.3 is 15.7 Å². The number of carbonyl (C=O) groups excluding carboxylic acids is 1. The SMILES string of the molecule is C[C@]1(CNC(=O)Nc2ccc(-c3csnn3)cc2)CCCC[C@H]1O. The minimum absolute atomic E-state index is 0.239. The summed E-state index contributed by atoms with van der Waals surface area (Å²) in [5.74, 6) is 0. The van der Waals surface area contributed by atoms with Crippen molar-refractivity contribution in [1.29, 1.82) is 0 Å². The maximum Gasteiger partial charge on any atom is 0.319 e. The lowest BCUT2D eigenvalue weighted by Crippen LogP contribution is -2.46. The molecule has 1 heterocycles. The van der Waals surface area contributed by atoms with Crippen molar-refractivity contribution in [2.24, 2.45) is 5.41 Å². The molecule has 1 aliphatic carbocycles. The van der Waals surface area contributed by atoms with Gasteiger partial charge in [-0.3, -0.25) is 0 Å². The molecule has 6 nitrogen and oxygen atoms in total. The van der Waals surface area contributed by atoms with Crippen LogP contribution >= 0.6 is 11.5 Å². The molecule has 7 heteroatoms. The smallest absolute Gasteiger partial charge is 0.319 e. The van der Waals surface area contributed by atoms with E-state index in [0.29, 0.717) is 12.2 Å². The van der Waals surface area contributed by atoms with Crippen molar-refractivity contribution < 1.29 is 9.90 Å². The third kappa shape index (κ3) is 3.91. The molecular weight excluding hydrogens is 324 g/mol. The standard InChI is InChI=1S/C17H22N4O2S/c1-17(9-3-2-4-15(17)22)11-18-16(23)19-13-7-5-12(6-8-13)14-10-24-21-20-14/h5-8,10,15,22H,2-4,9,11H2,1H3,(H2,18,19,23)/t15-,17-/m1/s1. The van der Waals surface area contributed by atoms with E-state index in [-0.39, 0.29) is 17.6 Å². The highest BCUT2D eigenvalue weighted by molar-refractivity contribution is 7.03. The van der Waals surface area contributed by atoms with Crippen molar-refractivity contribution in [3.63, 3.8) is 0 Å². The Balaban J connectivity index is 1.53. The summed E-state index contributed by atoms with van der Waals surface area (Å²) in [5.41, 5.74) is 2.27. The lowest BCUT2D eigenvalue weighted by atomic mass is 9.73. The van der Waals surface area contributed by atoms with Crippen LogP contribution in [0.15, 0.2) is 29.6 Å².